The maximum Gasteiger partial charge on any atom is 0.330 e. The van der Waals surface area contributed by atoms with Gasteiger partial charge in [-0.25, -0.2) is 4.79 Å². The van der Waals surface area contributed by atoms with Gasteiger partial charge in [-0.1, -0.05) is 30.3 Å². The molecule has 0 N–H and O–H groups in total. The first kappa shape index (κ1) is 22.2. The van der Waals surface area contributed by atoms with Crippen LogP contribution in [-0.2, 0) is 9.53 Å². The van der Waals surface area contributed by atoms with Gasteiger partial charge < -0.3 is 14.2 Å². The molecular formula is C27H28O4. The summed E-state index contributed by atoms with van der Waals surface area (Å²) in [6.45, 7) is 6.29. The quantitative estimate of drug-likeness (QED) is 0.338. The van der Waals surface area contributed by atoms with Crippen molar-refractivity contribution in [1.82, 2.24) is 0 Å². The zero-order chi connectivity index (χ0) is 22.4. The molecule has 0 amide bonds. The van der Waals surface area contributed by atoms with Gasteiger partial charge in [-0.3, -0.25) is 0 Å². The van der Waals surface area contributed by atoms with Crippen LogP contribution in [0.15, 0.2) is 60.7 Å². The molecule has 0 heterocycles. The molecule has 0 atom stereocenters. The lowest BCUT2D eigenvalue weighted by atomic mass is 9.93. The van der Waals surface area contributed by atoms with E-state index >= 15 is 0 Å². The Hall–Kier alpha value is -3.53. The van der Waals surface area contributed by atoms with Gasteiger partial charge in [0, 0.05) is 6.08 Å². The van der Waals surface area contributed by atoms with Crippen LogP contribution < -0.4 is 9.47 Å². The topological polar surface area (TPSA) is 44.8 Å². The summed E-state index contributed by atoms with van der Waals surface area (Å²) in [5.41, 5.74) is 7.56. The molecule has 4 heteroatoms. The van der Waals surface area contributed by atoms with Crippen molar-refractivity contribution in [2.24, 2.45) is 0 Å². The summed E-state index contributed by atoms with van der Waals surface area (Å²) in [6, 6.07) is 18.5. The van der Waals surface area contributed by atoms with Gasteiger partial charge in [-0.2, -0.15) is 0 Å². The number of esters is 1. The van der Waals surface area contributed by atoms with Crippen LogP contribution >= 0.6 is 0 Å². The predicted molar refractivity (Wildman–Crippen MR) is 126 cm³/mol. The molecule has 3 aromatic rings. The minimum Gasteiger partial charge on any atom is -0.497 e. The van der Waals surface area contributed by atoms with Crippen molar-refractivity contribution in [2.45, 2.75) is 20.8 Å². The minimum absolute atomic E-state index is 0.347. The molecule has 0 aliphatic carbocycles. The zero-order valence-corrected chi connectivity index (χ0v) is 18.7. The van der Waals surface area contributed by atoms with E-state index in [1.54, 1.807) is 27.2 Å². The molecule has 0 saturated heterocycles. The summed E-state index contributed by atoms with van der Waals surface area (Å²) in [6.07, 6.45) is 3.22. The molecule has 31 heavy (non-hydrogen) atoms. The Bertz CT molecular complexity index is 1110. The van der Waals surface area contributed by atoms with Crippen molar-refractivity contribution in [2.75, 3.05) is 20.8 Å². The van der Waals surface area contributed by atoms with Crippen LogP contribution in [0.2, 0.25) is 0 Å². The molecule has 0 unspecified atom stereocenters. The lowest BCUT2D eigenvalue weighted by molar-refractivity contribution is -0.137. The van der Waals surface area contributed by atoms with Gasteiger partial charge in [0.25, 0.3) is 0 Å². The molecule has 3 aromatic carbocycles. The second kappa shape index (κ2) is 9.98. The van der Waals surface area contributed by atoms with E-state index in [-0.39, 0.29) is 5.97 Å². The Morgan fingerprint density at radius 1 is 0.839 bits per heavy atom. The number of carbonyl (C=O) groups excluding carboxylic acids is 1. The Labute approximate surface area is 184 Å². The monoisotopic (exact) mass is 416 g/mol. The van der Waals surface area contributed by atoms with E-state index in [1.807, 2.05) is 31.2 Å². The maximum absolute atomic E-state index is 11.8. The second-order valence-electron chi connectivity index (χ2n) is 7.25. The highest BCUT2D eigenvalue weighted by molar-refractivity contribution is 5.89. The SMILES string of the molecule is CCOC(=O)/C=C/c1cc(OC)ccc1-c1ccc(-c2ccc(OC)c(C)c2)c(C)c1. The molecule has 0 spiro atoms. The molecule has 0 bridgehead atoms. The third-order valence-corrected chi connectivity index (χ3v) is 5.19. The second-order valence-corrected chi connectivity index (χ2v) is 7.25. The standard InChI is InChI=1S/C27H28O4/c1-6-31-27(28)14-9-22-17-23(29-4)10-12-25(22)21-7-11-24(18(2)15-21)20-8-13-26(30-5)19(3)16-20/h7-17H,6H2,1-5H3/b14-9+. The normalized spacial score (nSPS) is 10.9. The van der Waals surface area contributed by atoms with Gasteiger partial charge >= 0.3 is 5.97 Å². The summed E-state index contributed by atoms with van der Waals surface area (Å²) in [7, 11) is 3.31. The molecule has 0 fully saturated rings. The average molecular weight is 417 g/mol. The van der Waals surface area contributed by atoms with Crippen LogP contribution in [0, 0.1) is 13.8 Å². The summed E-state index contributed by atoms with van der Waals surface area (Å²) in [5.74, 6) is 1.25. The number of hydrogen-bond acceptors (Lipinski definition) is 4. The highest BCUT2D eigenvalue weighted by atomic mass is 16.5. The van der Waals surface area contributed by atoms with Gasteiger partial charge in [0.05, 0.1) is 20.8 Å². The smallest absolute Gasteiger partial charge is 0.330 e. The fourth-order valence-corrected chi connectivity index (χ4v) is 3.62. The number of methoxy groups -OCH3 is 2. The van der Waals surface area contributed by atoms with Gasteiger partial charge in [0.15, 0.2) is 0 Å². The van der Waals surface area contributed by atoms with Gasteiger partial charge in [0.1, 0.15) is 11.5 Å². The van der Waals surface area contributed by atoms with E-state index < -0.39 is 0 Å². The van der Waals surface area contributed by atoms with Crippen LogP contribution in [0.25, 0.3) is 28.3 Å². The third kappa shape index (κ3) is 5.15. The number of rotatable bonds is 7. The lowest BCUT2D eigenvalue weighted by Gasteiger charge is -2.13. The third-order valence-electron chi connectivity index (χ3n) is 5.19. The van der Waals surface area contributed by atoms with Crippen molar-refractivity contribution in [3.63, 3.8) is 0 Å². The number of aryl methyl sites for hydroxylation is 2. The maximum atomic E-state index is 11.8. The van der Waals surface area contributed by atoms with Crippen LogP contribution in [0.3, 0.4) is 0 Å². The Kier molecular flexibility index (Phi) is 7.14. The van der Waals surface area contributed by atoms with Gasteiger partial charge in [-0.05, 0) is 90.1 Å². The Morgan fingerprint density at radius 3 is 2.16 bits per heavy atom. The van der Waals surface area contributed by atoms with Crippen molar-refractivity contribution in [3.05, 3.63) is 77.4 Å². The van der Waals surface area contributed by atoms with Crippen molar-refractivity contribution < 1.29 is 19.0 Å². The molecule has 0 radical (unpaired) electrons. The number of ether oxygens (including phenoxy) is 3. The van der Waals surface area contributed by atoms with Gasteiger partial charge in [-0.15, -0.1) is 0 Å². The van der Waals surface area contributed by atoms with Crippen LogP contribution in [0.4, 0.5) is 0 Å². The number of carbonyl (C=O) groups is 1. The first-order valence-corrected chi connectivity index (χ1v) is 10.3. The van der Waals surface area contributed by atoms with E-state index in [0.29, 0.717) is 6.61 Å². The fourth-order valence-electron chi connectivity index (χ4n) is 3.62. The molecule has 0 saturated carbocycles. The van der Waals surface area contributed by atoms with E-state index in [1.165, 1.54) is 17.2 Å². The molecule has 4 nitrogen and oxygen atoms in total. The summed E-state index contributed by atoms with van der Waals surface area (Å²) >= 11 is 0. The largest absolute Gasteiger partial charge is 0.497 e. The molecular weight excluding hydrogens is 388 g/mol. The Balaban J connectivity index is 2.00. The van der Waals surface area contributed by atoms with Crippen LogP contribution in [0.5, 0.6) is 11.5 Å². The van der Waals surface area contributed by atoms with E-state index in [4.69, 9.17) is 14.2 Å². The molecule has 160 valence electrons. The van der Waals surface area contributed by atoms with Crippen molar-refractivity contribution >= 4 is 12.0 Å². The van der Waals surface area contributed by atoms with Crippen molar-refractivity contribution in [1.29, 1.82) is 0 Å². The fraction of sp³-hybridized carbons (Fsp3) is 0.222. The van der Waals surface area contributed by atoms with Crippen LogP contribution in [-0.4, -0.2) is 26.8 Å². The summed E-state index contributed by atoms with van der Waals surface area (Å²) in [4.78, 5) is 11.8. The number of hydrogen-bond donors (Lipinski definition) is 0. The predicted octanol–water partition coefficient (Wildman–Crippen LogP) is 6.23. The van der Waals surface area contributed by atoms with E-state index in [9.17, 15) is 4.79 Å². The average Bonchev–Trinajstić information content (AvgIpc) is 2.77. The Morgan fingerprint density at radius 2 is 1.52 bits per heavy atom. The summed E-state index contributed by atoms with van der Waals surface area (Å²) < 4.78 is 15.8. The molecule has 0 aromatic heterocycles. The number of benzene rings is 3. The van der Waals surface area contributed by atoms with E-state index in [0.717, 1.165) is 39.3 Å². The van der Waals surface area contributed by atoms with Crippen molar-refractivity contribution in [3.8, 4) is 33.8 Å². The summed E-state index contributed by atoms with van der Waals surface area (Å²) in [5, 5.41) is 0. The molecule has 0 aliphatic rings. The first-order valence-electron chi connectivity index (χ1n) is 10.3. The highest BCUT2D eigenvalue weighted by Gasteiger charge is 2.10. The molecule has 3 rings (SSSR count). The van der Waals surface area contributed by atoms with Crippen LogP contribution in [0.1, 0.15) is 23.6 Å². The zero-order valence-electron chi connectivity index (χ0n) is 18.7. The van der Waals surface area contributed by atoms with E-state index in [2.05, 4.69) is 37.3 Å². The first-order chi connectivity index (χ1) is 15.0. The van der Waals surface area contributed by atoms with Gasteiger partial charge in [0.2, 0.25) is 0 Å². The molecule has 0 aliphatic heterocycles. The highest BCUT2D eigenvalue weighted by Crippen LogP contribution is 2.34. The minimum atomic E-state index is -0.363. The lowest BCUT2D eigenvalue weighted by Crippen LogP contribution is -1.99.